The first-order chi connectivity index (χ1) is 14.9. The van der Waals surface area contributed by atoms with E-state index in [0.29, 0.717) is 36.0 Å². The first-order valence-corrected chi connectivity index (χ1v) is 13.7. The fraction of sp³-hybridized carbons (Fsp3) is 0.963. The van der Waals surface area contributed by atoms with E-state index in [2.05, 4.69) is 34.6 Å². The number of nitro groups is 1. The lowest BCUT2D eigenvalue weighted by Crippen LogP contribution is -2.67. The predicted molar refractivity (Wildman–Crippen MR) is 129 cm³/mol. The minimum atomic E-state index is -1.01. The lowest BCUT2D eigenvalue weighted by atomic mass is 9.43. The number of alkyl halides is 1. The van der Waals surface area contributed by atoms with E-state index in [0.717, 1.165) is 30.6 Å². The first kappa shape index (κ1) is 24.5. The Labute approximate surface area is 199 Å². The molecule has 0 heterocycles. The number of carbonyl (C=O) groups excluding carboxylic acids is 1. The molecule has 0 bridgehead atoms. The monoisotopic (exact) mass is 465 g/mol. The number of hydrogen-bond acceptors (Lipinski definition) is 3. The number of ketones is 1. The number of carbonyl (C=O) groups is 1. The van der Waals surface area contributed by atoms with Crippen molar-refractivity contribution in [3.05, 3.63) is 10.1 Å². The fourth-order valence-electron chi connectivity index (χ4n) is 9.31. The number of halogens is 1. The van der Waals surface area contributed by atoms with Gasteiger partial charge in [0.05, 0.1) is 0 Å². The Kier molecular flexibility index (Phi) is 6.53. The molecule has 5 heteroatoms. The van der Waals surface area contributed by atoms with Crippen molar-refractivity contribution in [1.29, 1.82) is 0 Å². The molecular weight excluding hydrogens is 422 g/mol. The second-order valence-electron chi connectivity index (χ2n) is 12.9. The van der Waals surface area contributed by atoms with Crippen molar-refractivity contribution < 1.29 is 9.72 Å². The van der Waals surface area contributed by atoms with Crippen molar-refractivity contribution in [1.82, 2.24) is 0 Å². The van der Waals surface area contributed by atoms with Crippen LogP contribution < -0.4 is 0 Å². The van der Waals surface area contributed by atoms with Crippen LogP contribution in [0.2, 0.25) is 0 Å². The molecule has 0 unspecified atom stereocenters. The van der Waals surface area contributed by atoms with E-state index in [4.69, 9.17) is 11.6 Å². The normalized spacial score (nSPS) is 47.0. The molecule has 4 fully saturated rings. The van der Waals surface area contributed by atoms with Gasteiger partial charge in [0.2, 0.25) is 6.04 Å². The Morgan fingerprint density at radius 3 is 2.47 bits per heavy atom. The summed E-state index contributed by atoms with van der Waals surface area (Å²) in [5.74, 6) is 3.70. The highest BCUT2D eigenvalue weighted by Gasteiger charge is 2.70. The summed E-state index contributed by atoms with van der Waals surface area (Å²) >= 11 is 7.17. The number of hydrogen-bond donors (Lipinski definition) is 0. The van der Waals surface area contributed by atoms with E-state index in [-0.39, 0.29) is 22.5 Å². The lowest BCUT2D eigenvalue weighted by molar-refractivity contribution is -0.542. The molecule has 0 aromatic carbocycles. The van der Waals surface area contributed by atoms with Crippen LogP contribution in [-0.2, 0) is 4.79 Å². The highest BCUT2D eigenvalue weighted by atomic mass is 35.5. The Balaban J connectivity index is 1.59. The Morgan fingerprint density at radius 1 is 1.09 bits per heavy atom. The van der Waals surface area contributed by atoms with Gasteiger partial charge in [-0.2, -0.15) is 0 Å². The van der Waals surface area contributed by atoms with Crippen LogP contribution in [0, 0.1) is 56.5 Å². The molecular formula is C27H44ClNO3. The maximum Gasteiger partial charge on any atom is 0.233 e. The van der Waals surface area contributed by atoms with Crippen LogP contribution in [0.4, 0.5) is 0 Å². The van der Waals surface area contributed by atoms with E-state index in [9.17, 15) is 14.9 Å². The molecule has 9 atom stereocenters. The van der Waals surface area contributed by atoms with Gasteiger partial charge in [-0.1, -0.05) is 53.9 Å². The second-order valence-corrected chi connectivity index (χ2v) is 13.6. The highest BCUT2D eigenvalue weighted by molar-refractivity contribution is 6.26. The minimum absolute atomic E-state index is 0.111. The zero-order chi connectivity index (χ0) is 23.5. The SMILES string of the molecule is CC(C)CCC[C@@H](C)[C@@H]1CC[C@@H]2[C@@H]3C[C@H]([N+](=O)[O-])[C@@]4(Cl)CC(=O)CC[C@]4(C)[C@@H]3CC[C@]21C. The van der Waals surface area contributed by atoms with Crippen molar-refractivity contribution in [3.8, 4) is 0 Å². The topological polar surface area (TPSA) is 60.2 Å². The summed E-state index contributed by atoms with van der Waals surface area (Å²) in [4.78, 5) is 23.5. The summed E-state index contributed by atoms with van der Waals surface area (Å²) in [6, 6.07) is -0.801. The van der Waals surface area contributed by atoms with Gasteiger partial charge in [-0.15, -0.1) is 11.6 Å². The van der Waals surface area contributed by atoms with Gasteiger partial charge in [0, 0.05) is 24.2 Å². The van der Waals surface area contributed by atoms with Gasteiger partial charge < -0.3 is 0 Å². The molecule has 4 nitrogen and oxygen atoms in total. The summed E-state index contributed by atoms with van der Waals surface area (Å²) in [5, 5.41) is 12.3. The molecule has 4 aliphatic carbocycles. The average Bonchev–Trinajstić information content (AvgIpc) is 3.05. The van der Waals surface area contributed by atoms with E-state index in [1.165, 1.54) is 38.5 Å². The molecule has 0 saturated heterocycles. The Hall–Kier alpha value is -0.640. The third-order valence-corrected chi connectivity index (χ3v) is 11.9. The van der Waals surface area contributed by atoms with E-state index in [1.54, 1.807) is 0 Å². The minimum Gasteiger partial charge on any atom is -0.300 e. The van der Waals surface area contributed by atoms with Crippen LogP contribution in [0.15, 0.2) is 0 Å². The molecule has 32 heavy (non-hydrogen) atoms. The van der Waals surface area contributed by atoms with Crippen LogP contribution in [0.25, 0.3) is 0 Å². The Bertz CT molecular complexity index is 755. The van der Waals surface area contributed by atoms with Gasteiger partial charge in [0.1, 0.15) is 10.7 Å². The van der Waals surface area contributed by atoms with E-state index >= 15 is 0 Å². The number of rotatable bonds is 6. The molecule has 0 spiro atoms. The molecule has 4 aliphatic rings. The average molecular weight is 466 g/mol. The van der Waals surface area contributed by atoms with Crippen molar-refractivity contribution in [2.45, 2.75) is 116 Å². The molecule has 0 radical (unpaired) electrons. The van der Waals surface area contributed by atoms with Crippen molar-refractivity contribution in [2.75, 3.05) is 0 Å². The summed E-state index contributed by atoms with van der Waals surface area (Å²) < 4.78 is 0. The van der Waals surface area contributed by atoms with Crippen LogP contribution in [0.1, 0.15) is 105 Å². The molecule has 0 aromatic heterocycles. The number of fused-ring (bicyclic) bond motifs is 5. The molecule has 4 rings (SSSR count). The Morgan fingerprint density at radius 2 is 1.81 bits per heavy atom. The van der Waals surface area contributed by atoms with E-state index < -0.39 is 10.9 Å². The maximum atomic E-state index is 12.4. The highest BCUT2D eigenvalue weighted by Crippen LogP contribution is 2.70. The lowest BCUT2D eigenvalue weighted by Gasteiger charge is -2.63. The van der Waals surface area contributed by atoms with Gasteiger partial charge >= 0.3 is 0 Å². The third kappa shape index (κ3) is 3.66. The van der Waals surface area contributed by atoms with Gasteiger partial charge in [0.15, 0.2) is 0 Å². The fourth-order valence-corrected chi connectivity index (χ4v) is 9.86. The van der Waals surface area contributed by atoms with Crippen LogP contribution in [0.3, 0.4) is 0 Å². The standard InChI is InChI=1S/C27H44ClNO3/c1-17(2)7-6-8-18(3)21-9-10-22-20-15-24(29(31)32)27(28)16-19(30)11-14-26(27,5)23(20)12-13-25(21,22)4/h17-18,20-24H,6-16H2,1-5H3/t18-,20+,21+,22-,23-,24+,25+,26-,27+/m1/s1. The zero-order valence-corrected chi connectivity index (χ0v) is 21.6. The predicted octanol–water partition coefficient (Wildman–Crippen LogP) is 7.29. The van der Waals surface area contributed by atoms with Gasteiger partial charge in [0.25, 0.3) is 0 Å². The largest absolute Gasteiger partial charge is 0.300 e. The van der Waals surface area contributed by atoms with Gasteiger partial charge in [-0.05, 0) is 78.4 Å². The van der Waals surface area contributed by atoms with Crippen LogP contribution in [0.5, 0.6) is 0 Å². The summed E-state index contributed by atoms with van der Waals surface area (Å²) in [7, 11) is 0. The van der Waals surface area contributed by atoms with Crippen molar-refractivity contribution >= 4 is 17.4 Å². The van der Waals surface area contributed by atoms with Crippen molar-refractivity contribution in [3.63, 3.8) is 0 Å². The van der Waals surface area contributed by atoms with Crippen LogP contribution >= 0.6 is 11.6 Å². The zero-order valence-electron chi connectivity index (χ0n) is 20.9. The second kappa shape index (κ2) is 8.54. The third-order valence-electron chi connectivity index (χ3n) is 11.1. The molecule has 0 aliphatic heterocycles. The smallest absolute Gasteiger partial charge is 0.233 e. The van der Waals surface area contributed by atoms with Gasteiger partial charge in [-0.25, -0.2) is 0 Å². The van der Waals surface area contributed by atoms with Crippen LogP contribution in [-0.4, -0.2) is 21.6 Å². The summed E-state index contributed by atoms with van der Waals surface area (Å²) in [6.07, 6.45) is 10.8. The molecule has 4 saturated carbocycles. The van der Waals surface area contributed by atoms with E-state index in [1.807, 2.05) is 0 Å². The summed E-state index contributed by atoms with van der Waals surface area (Å²) in [6.45, 7) is 11.8. The molecule has 0 amide bonds. The first-order valence-electron chi connectivity index (χ1n) is 13.3. The van der Waals surface area contributed by atoms with Crippen molar-refractivity contribution in [2.24, 2.45) is 46.3 Å². The molecule has 0 N–H and O–H groups in total. The number of nitrogens with zero attached hydrogens (tertiary/aromatic N) is 1. The quantitative estimate of drug-likeness (QED) is 0.235. The van der Waals surface area contributed by atoms with Gasteiger partial charge in [-0.3, -0.25) is 14.9 Å². The molecule has 0 aromatic rings. The summed E-state index contributed by atoms with van der Waals surface area (Å²) in [5.41, 5.74) is -0.0157. The number of Topliss-reactive ketones (excluding diaryl/α,β-unsaturated/α-hetero) is 1. The maximum absolute atomic E-state index is 12.4. The molecule has 182 valence electrons.